The van der Waals surface area contributed by atoms with Crippen molar-refractivity contribution in [2.24, 2.45) is 5.92 Å². The summed E-state index contributed by atoms with van der Waals surface area (Å²) in [6, 6.07) is 3.30. The zero-order chi connectivity index (χ0) is 14.4. The molecule has 3 nitrogen and oxygen atoms in total. The van der Waals surface area contributed by atoms with E-state index in [0.717, 1.165) is 18.8 Å². The van der Waals surface area contributed by atoms with Gasteiger partial charge in [0.15, 0.2) is 0 Å². The van der Waals surface area contributed by atoms with Gasteiger partial charge in [0.25, 0.3) is 0 Å². The summed E-state index contributed by atoms with van der Waals surface area (Å²) in [5.41, 5.74) is 1.24. The molecule has 0 aromatic carbocycles. The van der Waals surface area contributed by atoms with Crippen LogP contribution in [-0.4, -0.2) is 22.9 Å². The second-order valence-corrected chi connectivity index (χ2v) is 6.40. The van der Waals surface area contributed by atoms with Crippen LogP contribution in [0.1, 0.15) is 70.5 Å². The summed E-state index contributed by atoms with van der Waals surface area (Å²) in [6.45, 7) is 4.45. The van der Waals surface area contributed by atoms with Gasteiger partial charge in [-0.2, -0.15) is 5.10 Å². The molecule has 1 saturated carbocycles. The van der Waals surface area contributed by atoms with Crippen LogP contribution in [0, 0.1) is 5.92 Å². The number of nitrogens with one attached hydrogen (secondary N) is 1. The lowest BCUT2D eigenvalue weighted by molar-refractivity contribution is 0.329. The first kappa shape index (κ1) is 15.6. The van der Waals surface area contributed by atoms with Gasteiger partial charge < -0.3 is 5.32 Å². The van der Waals surface area contributed by atoms with E-state index in [1.165, 1.54) is 44.2 Å². The maximum atomic E-state index is 4.76. The molecule has 114 valence electrons. The summed E-state index contributed by atoms with van der Waals surface area (Å²) in [6.07, 6.45) is 12.8. The highest BCUT2D eigenvalue weighted by Crippen LogP contribution is 2.27. The van der Waals surface area contributed by atoms with Crippen molar-refractivity contribution in [2.75, 3.05) is 7.05 Å². The van der Waals surface area contributed by atoms with Gasteiger partial charge in [-0.25, -0.2) is 0 Å². The topological polar surface area (TPSA) is 29.9 Å². The van der Waals surface area contributed by atoms with Crippen LogP contribution in [0.15, 0.2) is 12.3 Å². The number of rotatable bonds is 6. The molecule has 3 heteroatoms. The normalized spacial score (nSPS) is 20.6. The van der Waals surface area contributed by atoms with E-state index in [0.29, 0.717) is 12.1 Å². The third kappa shape index (κ3) is 4.08. The lowest BCUT2D eigenvalue weighted by Gasteiger charge is -2.25. The first-order valence-corrected chi connectivity index (χ1v) is 8.46. The minimum Gasteiger partial charge on any atom is -0.316 e. The Kier molecular flexibility index (Phi) is 6.08. The van der Waals surface area contributed by atoms with Crippen molar-refractivity contribution in [3.05, 3.63) is 18.0 Å². The van der Waals surface area contributed by atoms with Gasteiger partial charge in [-0.1, -0.05) is 32.6 Å². The van der Waals surface area contributed by atoms with Crippen molar-refractivity contribution in [3.8, 4) is 0 Å². The Balaban J connectivity index is 1.96. The minimum atomic E-state index is 0.509. The number of hydrogen-bond donors (Lipinski definition) is 1. The van der Waals surface area contributed by atoms with Gasteiger partial charge in [0.1, 0.15) is 0 Å². The molecular formula is C17H31N3. The molecule has 0 spiro atoms. The number of likely N-dealkylation sites (N-methyl/N-ethyl adjacent to an activating group) is 1. The summed E-state index contributed by atoms with van der Waals surface area (Å²) in [5.74, 6) is 0.830. The number of nitrogens with zero attached hydrogens (tertiary/aromatic N) is 2. The largest absolute Gasteiger partial charge is 0.316 e. The van der Waals surface area contributed by atoms with Crippen LogP contribution in [0.25, 0.3) is 0 Å². The van der Waals surface area contributed by atoms with E-state index in [2.05, 4.69) is 43.2 Å². The molecule has 1 aromatic heterocycles. The molecule has 1 aromatic rings. The van der Waals surface area contributed by atoms with Crippen molar-refractivity contribution in [2.45, 2.75) is 77.3 Å². The van der Waals surface area contributed by atoms with Crippen molar-refractivity contribution in [1.29, 1.82) is 0 Å². The highest BCUT2D eigenvalue weighted by molar-refractivity contribution is 5.03. The SMILES string of the molecule is CCC(C)n1ccc(CC(NC)C2CCCCCC2)n1. The summed E-state index contributed by atoms with van der Waals surface area (Å²) in [5, 5.41) is 8.31. The Morgan fingerprint density at radius 2 is 2.00 bits per heavy atom. The van der Waals surface area contributed by atoms with E-state index in [-0.39, 0.29) is 0 Å². The van der Waals surface area contributed by atoms with Gasteiger partial charge >= 0.3 is 0 Å². The summed E-state index contributed by atoms with van der Waals surface area (Å²) in [7, 11) is 2.11. The fraction of sp³-hybridized carbons (Fsp3) is 0.824. The second-order valence-electron chi connectivity index (χ2n) is 6.40. The molecule has 0 saturated heterocycles. The van der Waals surface area contributed by atoms with Gasteiger partial charge in [-0.15, -0.1) is 0 Å². The van der Waals surface area contributed by atoms with Crippen molar-refractivity contribution >= 4 is 0 Å². The van der Waals surface area contributed by atoms with E-state index < -0.39 is 0 Å². The Bertz CT molecular complexity index is 377. The molecule has 0 aliphatic heterocycles. The average molecular weight is 277 g/mol. The third-order valence-electron chi connectivity index (χ3n) is 4.97. The third-order valence-corrected chi connectivity index (χ3v) is 4.97. The molecule has 1 aliphatic carbocycles. The second kappa shape index (κ2) is 7.82. The Labute approximate surface area is 124 Å². The Morgan fingerprint density at radius 1 is 1.30 bits per heavy atom. The van der Waals surface area contributed by atoms with Gasteiger partial charge in [-0.3, -0.25) is 4.68 Å². The summed E-state index contributed by atoms with van der Waals surface area (Å²) < 4.78 is 2.12. The number of hydrogen-bond acceptors (Lipinski definition) is 2. The van der Waals surface area contributed by atoms with E-state index in [4.69, 9.17) is 5.10 Å². The van der Waals surface area contributed by atoms with Gasteiger partial charge in [-0.05, 0) is 45.2 Å². The smallest absolute Gasteiger partial charge is 0.0640 e. The van der Waals surface area contributed by atoms with Crippen LogP contribution in [0.4, 0.5) is 0 Å². The predicted molar refractivity (Wildman–Crippen MR) is 85.0 cm³/mol. The molecule has 1 aliphatic rings. The standard InChI is InChI=1S/C17H31N3/c1-4-14(2)20-12-11-16(19-20)13-17(18-3)15-9-7-5-6-8-10-15/h11-12,14-15,17-18H,4-10,13H2,1-3H3. The molecule has 2 unspecified atom stereocenters. The molecule has 1 fully saturated rings. The molecule has 0 bridgehead atoms. The van der Waals surface area contributed by atoms with Crippen molar-refractivity contribution in [1.82, 2.24) is 15.1 Å². The Morgan fingerprint density at radius 3 is 2.60 bits per heavy atom. The van der Waals surface area contributed by atoms with E-state index in [1.54, 1.807) is 0 Å². The van der Waals surface area contributed by atoms with Crippen molar-refractivity contribution in [3.63, 3.8) is 0 Å². The zero-order valence-electron chi connectivity index (χ0n) is 13.4. The van der Waals surface area contributed by atoms with Crippen LogP contribution in [0.5, 0.6) is 0 Å². The van der Waals surface area contributed by atoms with Crippen LogP contribution >= 0.6 is 0 Å². The monoisotopic (exact) mass is 277 g/mol. The first-order valence-electron chi connectivity index (χ1n) is 8.46. The molecule has 1 N–H and O–H groups in total. The first-order chi connectivity index (χ1) is 9.74. The van der Waals surface area contributed by atoms with E-state index in [1.807, 2.05) is 0 Å². The summed E-state index contributed by atoms with van der Waals surface area (Å²) in [4.78, 5) is 0. The molecule has 2 rings (SSSR count). The van der Waals surface area contributed by atoms with Crippen LogP contribution in [0.2, 0.25) is 0 Å². The molecule has 20 heavy (non-hydrogen) atoms. The maximum absolute atomic E-state index is 4.76. The van der Waals surface area contributed by atoms with Crippen LogP contribution < -0.4 is 5.32 Å². The van der Waals surface area contributed by atoms with Crippen LogP contribution in [-0.2, 0) is 6.42 Å². The highest BCUT2D eigenvalue weighted by atomic mass is 15.3. The van der Waals surface area contributed by atoms with Crippen molar-refractivity contribution < 1.29 is 0 Å². The fourth-order valence-electron chi connectivity index (χ4n) is 3.36. The quantitative estimate of drug-likeness (QED) is 0.798. The summed E-state index contributed by atoms with van der Waals surface area (Å²) >= 11 is 0. The lowest BCUT2D eigenvalue weighted by atomic mass is 9.89. The fourth-order valence-corrected chi connectivity index (χ4v) is 3.36. The molecule has 0 radical (unpaired) electrons. The number of aromatic nitrogens is 2. The lowest BCUT2D eigenvalue weighted by Crippen LogP contribution is -2.35. The van der Waals surface area contributed by atoms with Gasteiger partial charge in [0.2, 0.25) is 0 Å². The molecule has 1 heterocycles. The minimum absolute atomic E-state index is 0.509. The zero-order valence-corrected chi connectivity index (χ0v) is 13.4. The van der Waals surface area contributed by atoms with E-state index in [9.17, 15) is 0 Å². The predicted octanol–water partition coefficient (Wildman–Crippen LogP) is 3.96. The maximum Gasteiger partial charge on any atom is 0.0640 e. The van der Waals surface area contributed by atoms with Gasteiger partial charge in [0, 0.05) is 24.7 Å². The molecule has 0 amide bonds. The van der Waals surface area contributed by atoms with Crippen LogP contribution in [0.3, 0.4) is 0 Å². The Hall–Kier alpha value is -0.830. The van der Waals surface area contributed by atoms with E-state index >= 15 is 0 Å². The average Bonchev–Trinajstić information content (AvgIpc) is 2.77. The molecular weight excluding hydrogens is 246 g/mol. The molecule has 2 atom stereocenters. The highest BCUT2D eigenvalue weighted by Gasteiger charge is 2.22. The van der Waals surface area contributed by atoms with Gasteiger partial charge in [0.05, 0.1) is 5.69 Å².